The van der Waals surface area contributed by atoms with Crippen LogP contribution in [0.1, 0.15) is 25.0 Å². The van der Waals surface area contributed by atoms with E-state index in [-0.39, 0.29) is 18.0 Å². The van der Waals surface area contributed by atoms with Crippen LogP contribution in [0.4, 0.5) is 4.39 Å². The average Bonchev–Trinajstić information content (AvgIpc) is 2.38. The van der Waals surface area contributed by atoms with Crippen LogP contribution in [-0.4, -0.2) is 30.9 Å². The van der Waals surface area contributed by atoms with E-state index in [2.05, 4.69) is 5.32 Å². The van der Waals surface area contributed by atoms with Crippen LogP contribution in [0.15, 0.2) is 18.2 Å². The van der Waals surface area contributed by atoms with Gasteiger partial charge in [0.05, 0.1) is 12.1 Å². The highest BCUT2D eigenvalue weighted by molar-refractivity contribution is 5.77. The van der Waals surface area contributed by atoms with Crippen LogP contribution in [0.2, 0.25) is 0 Å². The van der Waals surface area contributed by atoms with E-state index >= 15 is 0 Å². The molecule has 0 spiro atoms. The fourth-order valence-corrected chi connectivity index (χ4v) is 1.74. The molecule has 0 unspecified atom stereocenters. The molecule has 1 rings (SSSR count). The minimum absolute atomic E-state index is 0.0279. The third-order valence-electron chi connectivity index (χ3n) is 2.72. The molecule has 108 valence electrons. The maximum absolute atomic E-state index is 13.2. The van der Waals surface area contributed by atoms with E-state index in [0.29, 0.717) is 19.0 Å². The summed E-state index contributed by atoms with van der Waals surface area (Å²) in [5.74, 6) is -0.142. The summed E-state index contributed by atoms with van der Waals surface area (Å²) < 4.78 is 13.2. The molecule has 0 aromatic heterocycles. The summed E-state index contributed by atoms with van der Waals surface area (Å²) in [5, 5.41) is 11.6. The van der Waals surface area contributed by atoms with Gasteiger partial charge in [-0.25, -0.2) is 4.39 Å². The maximum Gasteiger partial charge on any atom is 0.234 e. The molecule has 0 saturated carbocycles. The Labute approximate surface area is 119 Å². The zero-order valence-corrected chi connectivity index (χ0v) is 12.1. The third kappa shape index (κ3) is 5.37. The Bertz CT molecular complexity index is 508. The molecule has 1 N–H and O–H groups in total. The molecule has 0 radical (unpaired) electrons. The van der Waals surface area contributed by atoms with Crippen molar-refractivity contribution >= 4 is 5.91 Å². The van der Waals surface area contributed by atoms with Crippen molar-refractivity contribution in [2.75, 3.05) is 20.1 Å². The molecule has 0 fully saturated rings. The fourth-order valence-electron chi connectivity index (χ4n) is 1.74. The molecule has 0 aliphatic heterocycles. The van der Waals surface area contributed by atoms with Gasteiger partial charge in [-0.15, -0.1) is 0 Å². The smallest absolute Gasteiger partial charge is 0.234 e. The van der Waals surface area contributed by atoms with Crippen molar-refractivity contribution in [2.45, 2.75) is 20.4 Å². The van der Waals surface area contributed by atoms with Gasteiger partial charge in [0.15, 0.2) is 0 Å². The van der Waals surface area contributed by atoms with Crippen molar-refractivity contribution in [3.05, 3.63) is 35.1 Å². The molecule has 1 amide bonds. The number of halogens is 1. The molecule has 1 aromatic rings. The number of nitrogens with zero attached hydrogens (tertiary/aromatic N) is 2. The summed E-state index contributed by atoms with van der Waals surface area (Å²) in [6.07, 6.45) is 0. The number of hydrogen-bond acceptors (Lipinski definition) is 3. The zero-order chi connectivity index (χ0) is 15.1. The van der Waals surface area contributed by atoms with Crippen LogP contribution in [0.25, 0.3) is 0 Å². The van der Waals surface area contributed by atoms with E-state index in [9.17, 15) is 9.18 Å². The van der Waals surface area contributed by atoms with Crippen molar-refractivity contribution in [3.63, 3.8) is 0 Å². The molecule has 5 heteroatoms. The highest BCUT2D eigenvalue weighted by atomic mass is 19.1. The monoisotopic (exact) mass is 277 g/mol. The molecular weight excluding hydrogens is 257 g/mol. The minimum atomic E-state index is -0.520. The normalized spacial score (nSPS) is 10.7. The molecule has 0 bridgehead atoms. The highest BCUT2D eigenvalue weighted by Gasteiger charge is 2.09. The lowest BCUT2D eigenvalue weighted by Gasteiger charge is -2.17. The molecule has 0 aliphatic rings. The molecule has 0 atom stereocenters. The molecule has 1 aromatic carbocycles. The molecule has 4 nitrogen and oxygen atoms in total. The number of rotatable bonds is 6. The molecule has 0 heterocycles. The molecule has 0 saturated heterocycles. The van der Waals surface area contributed by atoms with Gasteiger partial charge in [0.2, 0.25) is 5.91 Å². The van der Waals surface area contributed by atoms with Crippen LogP contribution >= 0.6 is 0 Å². The summed E-state index contributed by atoms with van der Waals surface area (Å²) >= 11 is 0. The van der Waals surface area contributed by atoms with Gasteiger partial charge in [-0.1, -0.05) is 19.9 Å². The van der Waals surface area contributed by atoms with Gasteiger partial charge in [-0.2, -0.15) is 5.26 Å². The number of hydrogen-bond donors (Lipinski definition) is 1. The lowest BCUT2D eigenvalue weighted by atomic mass is 10.1. The predicted molar refractivity (Wildman–Crippen MR) is 75.3 cm³/mol. The lowest BCUT2D eigenvalue weighted by Crippen LogP contribution is -2.36. The predicted octanol–water partition coefficient (Wildman–Crippen LogP) is 1.90. The van der Waals surface area contributed by atoms with Gasteiger partial charge >= 0.3 is 0 Å². The van der Waals surface area contributed by atoms with Crippen LogP contribution in [0.5, 0.6) is 0 Å². The number of likely N-dealkylation sites (N-methyl/N-ethyl adjacent to an activating group) is 1. The SMILES string of the molecule is CC(C)CNC(=O)CN(C)Cc1ccc(F)c(C#N)c1. The average molecular weight is 277 g/mol. The summed E-state index contributed by atoms with van der Waals surface area (Å²) in [6, 6.07) is 6.22. The number of benzene rings is 1. The Morgan fingerprint density at radius 2 is 2.20 bits per heavy atom. The fraction of sp³-hybridized carbons (Fsp3) is 0.467. The second-order valence-electron chi connectivity index (χ2n) is 5.30. The number of carbonyl (C=O) groups excluding carboxylic acids is 1. The Balaban J connectivity index is 2.52. The van der Waals surface area contributed by atoms with Crippen molar-refractivity contribution < 1.29 is 9.18 Å². The topological polar surface area (TPSA) is 56.1 Å². The summed E-state index contributed by atoms with van der Waals surface area (Å²) in [4.78, 5) is 13.5. The second-order valence-corrected chi connectivity index (χ2v) is 5.30. The van der Waals surface area contributed by atoms with E-state index < -0.39 is 5.82 Å². The lowest BCUT2D eigenvalue weighted by molar-refractivity contribution is -0.122. The number of nitrogens with one attached hydrogen (secondary N) is 1. The summed E-state index contributed by atoms with van der Waals surface area (Å²) in [5.41, 5.74) is 0.835. The van der Waals surface area contributed by atoms with E-state index in [1.807, 2.05) is 31.9 Å². The molecular formula is C15H20FN3O. The Morgan fingerprint density at radius 1 is 1.50 bits per heavy atom. The quantitative estimate of drug-likeness (QED) is 0.864. The van der Waals surface area contributed by atoms with E-state index in [1.165, 1.54) is 12.1 Å². The Hall–Kier alpha value is -1.93. The van der Waals surface area contributed by atoms with Gasteiger partial charge in [0.1, 0.15) is 11.9 Å². The first kappa shape index (κ1) is 16.1. The number of amides is 1. The van der Waals surface area contributed by atoms with Crippen LogP contribution < -0.4 is 5.32 Å². The molecule has 0 aliphatic carbocycles. The van der Waals surface area contributed by atoms with Gasteiger partial charge in [-0.05, 0) is 30.7 Å². The van der Waals surface area contributed by atoms with Gasteiger partial charge in [0.25, 0.3) is 0 Å². The van der Waals surface area contributed by atoms with Crippen molar-refractivity contribution in [2.24, 2.45) is 5.92 Å². The minimum Gasteiger partial charge on any atom is -0.355 e. The van der Waals surface area contributed by atoms with Crippen molar-refractivity contribution in [3.8, 4) is 6.07 Å². The number of carbonyl (C=O) groups is 1. The van der Waals surface area contributed by atoms with Gasteiger partial charge in [0, 0.05) is 13.1 Å². The molecule has 20 heavy (non-hydrogen) atoms. The Kier molecular flexibility index (Phi) is 6.13. The van der Waals surface area contributed by atoms with Crippen molar-refractivity contribution in [1.82, 2.24) is 10.2 Å². The van der Waals surface area contributed by atoms with E-state index in [4.69, 9.17) is 5.26 Å². The van der Waals surface area contributed by atoms with Gasteiger partial charge < -0.3 is 5.32 Å². The third-order valence-corrected chi connectivity index (χ3v) is 2.72. The first-order valence-electron chi connectivity index (χ1n) is 6.56. The van der Waals surface area contributed by atoms with E-state index in [0.717, 1.165) is 5.56 Å². The van der Waals surface area contributed by atoms with Crippen LogP contribution in [0, 0.1) is 23.1 Å². The standard InChI is InChI=1S/C15H20FN3O/c1-11(2)8-18-15(20)10-19(3)9-12-4-5-14(16)13(6-12)7-17/h4-6,11H,8-10H2,1-3H3,(H,18,20). The summed E-state index contributed by atoms with van der Waals surface area (Å²) in [6.45, 7) is 5.48. The summed E-state index contributed by atoms with van der Waals surface area (Å²) in [7, 11) is 1.81. The largest absolute Gasteiger partial charge is 0.355 e. The first-order valence-corrected chi connectivity index (χ1v) is 6.56. The Morgan fingerprint density at radius 3 is 2.80 bits per heavy atom. The van der Waals surface area contributed by atoms with Crippen LogP contribution in [-0.2, 0) is 11.3 Å². The maximum atomic E-state index is 13.2. The van der Waals surface area contributed by atoms with E-state index in [1.54, 1.807) is 6.07 Å². The van der Waals surface area contributed by atoms with Crippen molar-refractivity contribution in [1.29, 1.82) is 5.26 Å². The second kappa shape index (κ2) is 7.61. The zero-order valence-electron chi connectivity index (χ0n) is 12.1. The first-order chi connectivity index (χ1) is 9.42. The van der Waals surface area contributed by atoms with Gasteiger partial charge in [-0.3, -0.25) is 9.69 Å². The highest BCUT2D eigenvalue weighted by Crippen LogP contribution is 2.11. The number of nitriles is 1. The van der Waals surface area contributed by atoms with Crippen LogP contribution in [0.3, 0.4) is 0 Å².